The molecule has 3 N–H and O–H groups in total. The average Bonchev–Trinajstić information content (AvgIpc) is 3.12. The first-order chi connectivity index (χ1) is 15.0. The van der Waals surface area contributed by atoms with Gasteiger partial charge in [0.25, 0.3) is 0 Å². The van der Waals surface area contributed by atoms with Gasteiger partial charge < -0.3 is 15.5 Å². The van der Waals surface area contributed by atoms with Crippen LogP contribution < -0.4 is 11.1 Å². The van der Waals surface area contributed by atoms with Gasteiger partial charge in [0, 0.05) is 23.8 Å². The van der Waals surface area contributed by atoms with Crippen molar-refractivity contribution in [3.8, 4) is 0 Å². The van der Waals surface area contributed by atoms with Crippen LogP contribution in [0.15, 0.2) is 36.5 Å². The molecule has 1 aromatic heterocycles. The molecule has 0 amide bonds. The average molecular weight is 471 g/mol. The molecule has 0 spiro atoms. The Balaban J connectivity index is 1.50. The molecular weight excluding hydrogens is 436 g/mol. The van der Waals surface area contributed by atoms with Crippen molar-refractivity contribution >= 4 is 31.4 Å². The summed E-state index contributed by atoms with van der Waals surface area (Å²) in [6.07, 6.45) is 7.65. The minimum absolute atomic E-state index is 0.104. The molecule has 0 bridgehead atoms. The van der Waals surface area contributed by atoms with E-state index in [2.05, 4.69) is 74.5 Å². The monoisotopic (exact) mass is 470 g/mol. The second-order valence-electron chi connectivity index (χ2n) is 10.7. The highest BCUT2D eigenvalue weighted by atomic mass is 35.5. The molecule has 3 atom stereocenters. The fourth-order valence-corrected chi connectivity index (χ4v) is 6.00. The van der Waals surface area contributed by atoms with Crippen LogP contribution in [0.2, 0.25) is 23.2 Å². The van der Waals surface area contributed by atoms with Crippen LogP contribution in [0.4, 0.5) is 5.95 Å². The summed E-state index contributed by atoms with van der Waals surface area (Å²) in [7, 11) is -1.85. The van der Waals surface area contributed by atoms with Crippen LogP contribution in [0.1, 0.15) is 56.9 Å². The van der Waals surface area contributed by atoms with E-state index in [-0.39, 0.29) is 23.2 Å². The maximum Gasteiger partial charge on any atom is 0.223 e. The third-order valence-corrected chi connectivity index (χ3v) is 11.9. The van der Waals surface area contributed by atoms with Gasteiger partial charge in [-0.3, -0.25) is 0 Å². The molecule has 1 heterocycles. The molecule has 1 fully saturated rings. The summed E-state index contributed by atoms with van der Waals surface area (Å²) in [5.74, 6) is 0.597. The molecule has 0 aliphatic heterocycles. The molecule has 2 aliphatic carbocycles. The maximum atomic E-state index is 6.69. The molecule has 32 heavy (non-hydrogen) atoms. The molecule has 2 aliphatic rings. The van der Waals surface area contributed by atoms with E-state index in [1.807, 2.05) is 0 Å². The van der Waals surface area contributed by atoms with E-state index < -0.39 is 8.32 Å². The lowest BCUT2D eigenvalue weighted by molar-refractivity contribution is 0.122. The Hall–Kier alpha value is -1.73. The van der Waals surface area contributed by atoms with E-state index in [0.717, 1.165) is 37.0 Å². The molecule has 1 saturated carbocycles. The Morgan fingerprint density at radius 1 is 1.16 bits per heavy atom. The van der Waals surface area contributed by atoms with Gasteiger partial charge in [0.15, 0.2) is 8.32 Å². The van der Waals surface area contributed by atoms with Crippen LogP contribution in [0.5, 0.6) is 0 Å². The Labute approximate surface area is 198 Å². The van der Waals surface area contributed by atoms with Crippen LogP contribution in [0.25, 0.3) is 5.57 Å². The first-order valence-electron chi connectivity index (χ1n) is 11.5. The Kier molecular flexibility index (Phi) is 6.51. The van der Waals surface area contributed by atoms with Gasteiger partial charge in [0.05, 0.1) is 16.9 Å². The van der Waals surface area contributed by atoms with Crippen molar-refractivity contribution in [2.45, 2.75) is 82.8 Å². The van der Waals surface area contributed by atoms with Gasteiger partial charge in [-0.2, -0.15) is 0 Å². The van der Waals surface area contributed by atoms with Crippen molar-refractivity contribution in [1.29, 1.82) is 0 Å². The lowest BCUT2D eigenvalue weighted by Crippen LogP contribution is -2.49. The number of hydrogen-bond acceptors (Lipinski definition) is 5. The molecule has 5 nitrogen and oxygen atoms in total. The van der Waals surface area contributed by atoms with Crippen molar-refractivity contribution in [2.24, 2.45) is 5.73 Å². The van der Waals surface area contributed by atoms with E-state index in [1.165, 1.54) is 11.1 Å². The highest BCUT2D eigenvalue weighted by molar-refractivity contribution is 6.74. The van der Waals surface area contributed by atoms with Crippen molar-refractivity contribution in [1.82, 2.24) is 9.97 Å². The highest BCUT2D eigenvalue weighted by Crippen LogP contribution is 2.39. The zero-order chi connectivity index (χ0) is 23.1. The van der Waals surface area contributed by atoms with Crippen molar-refractivity contribution in [3.63, 3.8) is 0 Å². The smallest absolute Gasteiger partial charge is 0.223 e. The fraction of sp³-hybridized carbons (Fsp3) is 0.520. The number of nitrogens with one attached hydrogen (secondary N) is 1. The Morgan fingerprint density at radius 2 is 1.91 bits per heavy atom. The van der Waals surface area contributed by atoms with E-state index >= 15 is 0 Å². The third-order valence-electron chi connectivity index (χ3n) is 7.13. The van der Waals surface area contributed by atoms with Crippen LogP contribution >= 0.6 is 11.6 Å². The van der Waals surface area contributed by atoms with E-state index in [0.29, 0.717) is 11.0 Å². The molecule has 2 aromatic rings. The normalized spacial score (nSPS) is 23.6. The molecule has 0 unspecified atom stereocenters. The third kappa shape index (κ3) is 4.93. The SMILES string of the molecule is CC(C)(C)[Si](C)(C)O[C@H]1C[C@H](N)C[C@H](Nc2ncc(Cl)c(C3=CCc4ccccc43)n2)C1. The van der Waals surface area contributed by atoms with Gasteiger partial charge in [-0.1, -0.05) is 62.7 Å². The maximum absolute atomic E-state index is 6.69. The topological polar surface area (TPSA) is 73.1 Å². The Morgan fingerprint density at radius 3 is 2.66 bits per heavy atom. The summed E-state index contributed by atoms with van der Waals surface area (Å²) in [5, 5.41) is 4.27. The van der Waals surface area contributed by atoms with Gasteiger partial charge in [-0.15, -0.1) is 0 Å². The second kappa shape index (κ2) is 8.90. The summed E-state index contributed by atoms with van der Waals surface area (Å²) < 4.78 is 6.69. The van der Waals surface area contributed by atoms with E-state index in [1.54, 1.807) is 6.20 Å². The summed E-state index contributed by atoms with van der Waals surface area (Å²) in [4.78, 5) is 9.29. The predicted molar refractivity (Wildman–Crippen MR) is 136 cm³/mol. The summed E-state index contributed by atoms with van der Waals surface area (Å²) in [6.45, 7) is 11.4. The van der Waals surface area contributed by atoms with Crippen LogP contribution in [-0.4, -0.2) is 36.5 Å². The number of benzene rings is 1. The number of allylic oxidation sites excluding steroid dienone is 1. The first-order valence-corrected chi connectivity index (χ1v) is 14.8. The minimum atomic E-state index is -1.85. The Bertz CT molecular complexity index is 1020. The van der Waals surface area contributed by atoms with E-state index in [9.17, 15) is 0 Å². The lowest BCUT2D eigenvalue weighted by atomic mass is 9.89. The summed E-state index contributed by atoms with van der Waals surface area (Å²) in [5.41, 5.74) is 10.8. The predicted octanol–water partition coefficient (Wildman–Crippen LogP) is 5.80. The molecule has 172 valence electrons. The molecule has 7 heteroatoms. The van der Waals surface area contributed by atoms with Gasteiger partial charge in [-0.05, 0) is 54.9 Å². The standard InChI is InChI=1S/C25H35ClN4OSi/c1-25(2,3)32(4,5)31-19-13-17(27)12-18(14-19)29-24-28-15-22(26)23(30-24)21-11-10-16-8-6-7-9-20(16)21/h6-9,11,15,17-19H,10,12-14,27H2,1-5H3,(H,28,29,30)/t17-,18+,19+/m1/s1. The lowest BCUT2D eigenvalue weighted by Gasteiger charge is -2.42. The second-order valence-corrected chi connectivity index (χ2v) is 15.8. The first kappa shape index (κ1) is 23.4. The van der Waals surface area contributed by atoms with Crippen molar-refractivity contribution < 1.29 is 4.43 Å². The largest absolute Gasteiger partial charge is 0.414 e. The van der Waals surface area contributed by atoms with Gasteiger partial charge in [0.1, 0.15) is 0 Å². The van der Waals surface area contributed by atoms with Gasteiger partial charge >= 0.3 is 0 Å². The molecule has 4 rings (SSSR count). The number of rotatable bonds is 5. The van der Waals surface area contributed by atoms with Crippen LogP contribution in [0, 0.1) is 0 Å². The highest BCUT2D eigenvalue weighted by Gasteiger charge is 2.41. The minimum Gasteiger partial charge on any atom is -0.414 e. The molecule has 0 saturated heterocycles. The number of aromatic nitrogens is 2. The number of halogens is 1. The number of fused-ring (bicyclic) bond motifs is 1. The summed E-state index contributed by atoms with van der Waals surface area (Å²) in [6, 6.07) is 8.68. The number of anilines is 1. The number of nitrogens with zero attached hydrogens (tertiary/aromatic N) is 2. The zero-order valence-electron chi connectivity index (χ0n) is 19.8. The van der Waals surface area contributed by atoms with Crippen LogP contribution in [-0.2, 0) is 10.8 Å². The molecular formula is C25H35ClN4OSi. The number of nitrogens with two attached hydrogens (primary N) is 1. The molecule has 0 radical (unpaired) electrons. The summed E-state index contributed by atoms with van der Waals surface area (Å²) >= 11 is 6.52. The fourth-order valence-electron chi connectivity index (χ4n) is 4.43. The van der Waals surface area contributed by atoms with Gasteiger partial charge in [0.2, 0.25) is 5.95 Å². The molecule has 1 aromatic carbocycles. The van der Waals surface area contributed by atoms with Crippen molar-refractivity contribution in [2.75, 3.05) is 5.32 Å². The van der Waals surface area contributed by atoms with Crippen molar-refractivity contribution in [3.05, 3.63) is 58.4 Å². The number of hydrogen-bond donors (Lipinski definition) is 2. The van der Waals surface area contributed by atoms with Crippen LogP contribution in [0.3, 0.4) is 0 Å². The zero-order valence-corrected chi connectivity index (χ0v) is 21.5. The van der Waals surface area contributed by atoms with E-state index in [4.69, 9.17) is 26.7 Å². The quantitative estimate of drug-likeness (QED) is 0.540. The van der Waals surface area contributed by atoms with Gasteiger partial charge in [-0.25, -0.2) is 9.97 Å².